The van der Waals surface area contributed by atoms with Gasteiger partial charge in [0, 0.05) is 61.8 Å². The molecule has 3 heterocycles. The number of likely N-dealkylation sites (tertiary alicyclic amines) is 1. The van der Waals surface area contributed by atoms with Crippen molar-refractivity contribution in [1.29, 1.82) is 0 Å². The number of amides is 2. The number of aromatic nitrogens is 1. The summed E-state index contributed by atoms with van der Waals surface area (Å²) in [5.74, 6) is 0.198. The molecule has 2 aliphatic heterocycles. The molecule has 0 radical (unpaired) electrons. The number of fused-ring (bicyclic) bond motifs is 1. The Morgan fingerprint density at radius 1 is 0.718 bits per heavy atom. The van der Waals surface area contributed by atoms with Crippen molar-refractivity contribution in [2.75, 3.05) is 39.3 Å². The Balaban J connectivity index is 1.12. The van der Waals surface area contributed by atoms with E-state index in [-0.39, 0.29) is 11.8 Å². The normalized spacial score (nSPS) is 16.9. The summed E-state index contributed by atoms with van der Waals surface area (Å²) in [4.78, 5) is 38.0. The van der Waals surface area contributed by atoms with Gasteiger partial charge in [-0.2, -0.15) is 0 Å². The molecule has 1 aromatic heterocycles. The lowest BCUT2D eigenvalue weighted by Gasteiger charge is -2.42. The highest BCUT2D eigenvalue weighted by Crippen LogP contribution is 2.27. The van der Waals surface area contributed by atoms with Gasteiger partial charge in [0.1, 0.15) is 0 Å². The Morgan fingerprint density at radius 3 is 2.08 bits per heavy atom. The summed E-state index contributed by atoms with van der Waals surface area (Å²) >= 11 is 0. The van der Waals surface area contributed by atoms with Crippen LogP contribution in [-0.4, -0.2) is 76.8 Å². The van der Waals surface area contributed by atoms with Crippen molar-refractivity contribution < 1.29 is 9.59 Å². The zero-order valence-electron chi connectivity index (χ0n) is 22.4. The largest absolute Gasteiger partial charge is 0.339 e. The molecule has 2 aliphatic rings. The number of hydrogen-bond acceptors (Lipinski definition) is 4. The van der Waals surface area contributed by atoms with E-state index in [1.54, 1.807) is 0 Å². The first-order valence-electron chi connectivity index (χ1n) is 13.9. The summed E-state index contributed by atoms with van der Waals surface area (Å²) in [5, 5.41) is 0.899. The topological polar surface area (TPSA) is 56.8 Å². The molecular formula is C33H34N4O2. The lowest BCUT2D eigenvalue weighted by molar-refractivity contribution is 0.0413. The molecule has 4 aromatic rings. The molecule has 0 aliphatic carbocycles. The van der Waals surface area contributed by atoms with Crippen LogP contribution in [0, 0.1) is 6.92 Å². The van der Waals surface area contributed by atoms with Crippen LogP contribution in [0.25, 0.3) is 22.2 Å². The Labute approximate surface area is 229 Å². The van der Waals surface area contributed by atoms with Crippen LogP contribution in [0.2, 0.25) is 0 Å². The summed E-state index contributed by atoms with van der Waals surface area (Å²) in [5.41, 5.74) is 5.36. The maximum Gasteiger partial charge on any atom is 0.254 e. The average molecular weight is 519 g/mol. The molecule has 0 spiro atoms. The van der Waals surface area contributed by atoms with Gasteiger partial charge < -0.3 is 9.80 Å². The van der Waals surface area contributed by atoms with Crippen molar-refractivity contribution in [2.24, 2.45) is 0 Å². The minimum absolute atomic E-state index is 0.0740. The summed E-state index contributed by atoms with van der Waals surface area (Å²) in [6.07, 6.45) is 1.95. The average Bonchev–Trinajstić information content (AvgIpc) is 3.01. The van der Waals surface area contributed by atoms with Crippen molar-refractivity contribution in [3.05, 3.63) is 102 Å². The van der Waals surface area contributed by atoms with Gasteiger partial charge in [-0.15, -0.1) is 0 Å². The van der Waals surface area contributed by atoms with Crippen LogP contribution in [0.15, 0.2) is 84.9 Å². The number of piperidine rings is 1. The van der Waals surface area contributed by atoms with E-state index in [0.717, 1.165) is 72.3 Å². The SMILES string of the molecule is Cc1ccc(-c2cc(C(=O)N3CCN(C4CCN(C(=O)c5ccccc5)CC4)CC3)c3ccccc3n2)cc1. The first-order valence-corrected chi connectivity index (χ1v) is 13.9. The molecule has 6 heteroatoms. The number of benzene rings is 3. The molecule has 0 bridgehead atoms. The van der Waals surface area contributed by atoms with E-state index in [4.69, 9.17) is 4.98 Å². The number of aryl methyl sites for hydroxylation is 1. The monoisotopic (exact) mass is 518 g/mol. The van der Waals surface area contributed by atoms with Gasteiger partial charge in [-0.05, 0) is 44.0 Å². The van der Waals surface area contributed by atoms with Crippen LogP contribution < -0.4 is 0 Å². The van der Waals surface area contributed by atoms with Gasteiger partial charge >= 0.3 is 0 Å². The number of carbonyl (C=O) groups is 2. The fraction of sp³-hybridized carbons (Fsp3) is 0.303. The Hall–Kier alpha value is -4.03. The maximum atomic E-state index is 13.8. The quantitative estimate of drug-likeness (QED) is 0.369. The summed E-state index contributed by atoms with van der Waals surface area (Å²) < 4.78 is 0. The van der Waals surface area contributed by atoms with Crippen LogP contribution in [-0.2, 0) is 0 Å². The third kappa shape index (κ3) is 5.30. The predicted molar refractivity (Wildman–Crippen MR) is 155 cm³/mol. The Kier molecular flexibility index (Phi) is 7.12. The van der Waals surface area contributed by atoms with Crippen LogP contribution in [0.3, 0.4) is 0 Å². The van der Waals surface area contributed by atoms with E-state index < -0.39 is 0 Å². The van der Waals surface area contributed by atoms with Crippen molar-refractivity contribution in [1.82, 2.24) is 19.7 Å². The van der Waals surface area contributed by atoms with Gasteiger partial charge in [0.15, 0.2) is 0 Å². The molecular weight excluding hydrogens is 484 g/mol. The van der Waals surface area contributed by atoms with Gasteiger partial charge in [0.2, 0.25) is 0 Å². The molecule has 6 nitrogen and oxygen atoms in total. The Bertz CT molecular complexity index is 1470. The molecule has 0 unspecified atom stereocenters. The zero-order chi connectivity index (χ0) is 26.8. The van der Waals surface area contributed by atoms with E-state index in [1.165, 1.54) is 5.56 Å². The molecule has 0 atom stereocenters. The minimum Gasteiger partial charge on any atom is -0.339 e. The lowest BCUT2D eigenvalue weighted by Crippen LogP contribution is -2.54. The fourth-order valence-electron chi connectivity index (χ4n) is 5.88. The summed E-state index contributed by atoms with van der Waals surface area (Å²) in [6, 6.07) is 28.2. The van der Waals surface area contributed by atoms with Crippen LogP contribution >= 0.6 is 0 Å². The standard InChI is InChI=1S/C33H34N4O2/c1-24-11-13-25(14-12-24)31-23-29(28-9-5-6-10-30(28)34-31)33(39)37-21-19-35(20-22-37)27-15-17-36(18-16-27)32(38)26-7-3-2-4-8-26/h2-14,23,27H,15-22H2,1H3. The lowest BCUT2D eigenvalue weighted by atomic mass is 10.0. The molecule has 2 amide bonds. The first-order chi connectivity index (χ1) is 19.1. The second-order valence-corrected chi connectivity index (χ2v) is 10.7. The zero-order valence-corrected chi connectivity index (χ0v) is 22.4. The number of para-hydroxylation sites is 1. The summed E-state index contributed by atoms with van der Waals surface area (Å²) in [6.45, 7) is 6.76. The van der Waals surface area contributed by atoms with Gasteiger partial charge in [0.05, 0.1) is 16.8 Å². The third-order valence-electron chi connectivity index (χ3n) is 8.18. The van der Waals surface area contributed by atoms with Gasteiger partial charge in [-0.25, -0.2) is 4.98 Å². The Morgan fingerprint density at radius 2 is 1.36 bits per heavy atom. The second kappa shape index (κ2) is 11.0. The number of nitrogens with zero attached hydrogens (tertiary/aromatic N) is 4. The fourth-order valence-corrected chi connectivity index (χ4v) is 5.88. The molecule has 39 heavy (non-hydrogen) atoms. The number of piperazine rings is 1. The van der Waals surface area contributed by atoms with Crippen LogP contribution in [0.1, 0.15) is 39.1 Å². The van der Waals surface area contributed by atoms with E-state index in [2.05, 4.69) is 36.1 Å². The highest BCUT2D eigenvalue weighted by Gasteiger charge is 2.31. The van der Waals surface area contributed by atoms with E-state index in [9.17, 15) is 9.59 Å². The predicted octanol–water partition coefficient (Wildman–Crippen LogP) is 5.27. The van der Waals surface area contributed by atoms with Crippen molar-refractivity contribution >= 4 is 22.7 Å². The van der Waals surface area contributed by atoms with Gasteiger partial charge in [-0.3, -0.25) is 14.5 Å². The number of carbonyl (C=O) groups excluding carboxylic acids is 2. The maximum absolute atomic E-state index is 13.8. The van der Waals surface area contributed by atoms with Crippen LogP contribution in [0.4, 0.5) is 0 Å². The van der Waals surface area contributed by atoms with E-state index >= 15 is 0 Å². The number of pyridine rings is 1. The van der Waals surface area contributed by atoms with E-state index in [1.807, 2.05) is 70.5 Å². The molecule has 2 fully saturated rings. The third-order valence-corrected chi connectivity index (χ3v) is 8.18. The molecule has 0 N–H and O–H groups in total. The minimum atomic E-state index is 0.0740. The molecule has 0 saturated carbocycles. The molecule has 3 aromatic carbocycles. The van der Waals surface area contributed by atoms with Crippen LogP contribution in [0.5, 0.6) is 0 Å². The molecule has 2 saturated heterocycles. The number of rotatable bonds is 4. The smallest absolute Gasteiger partial charge is 0.254 e. The highest BCUT2D eigenvalue weighted by molar-refractivity contribution is 6.07. The second-order valence-electron chi connectivity index (χ2n) is 10.7. The van der Waals surface area contributed by atoms with Crippen molar-refractivity contribution in [3.8, 4) is 11.3 Å². The number of hydrogen-bond donors (Lipinski definition) is 0. The first kappa shape index (κ1) is 25.3. The van der Waals surface area contributed by atoms with Gasteiger partial charge in [0.25, 0.3) is 11.8 Å². The molecule has 6 rings (SSSR count). The van der Waals surface area contributed by atoms with Crippen molar-refractivity contribution in [2.45, 2.75) is 25.8 Å². The highest BCUT2D eigenvalue weighted by atomic mass is 16.2. The summed E-state index contributed by atoms with van der Waals surface area (Å²) in [7, 11) is 0. The molecule has 198 valence electrons. The van der Waals surface area contributed by atoms with E-state index in [0.29, 0.717) is 19.1 Å². The van der Waals surface area contributed by atoms with Crippen molar-refractivity contribution in [3.63, 3.8) is 0 Å². The van der Waals surface area contributed by atoms with Gasteiger partial charge in [-0.1, -0.05) is 66.2 Å².